The summed E-state index contributed by atoms with van der Waals surface area (Å²) in [6.45, 7) is 10.4. The van der Waals surface area contributed by atoms with Crippen LogP contribution in [-0.2, 0) is 0 Å². The Balaban J connectivity index is 0.000000438. The zero-order chi connectivity index (χ0) is 28.0. The first-order valence-electron chi connectivity index (χ1n) is 14.5. The van der Waals surface area contributed by atoms with E-state index in [0.717, 1.165) is 26.2 Å². The molecule has 3 aliphatic rings. The number of hydrogen-bond donors (Lipinski definition) is 1. The summed E-state index contributed by atoms with van der Waals surface area (Å²) in [7, 11) is 2.17. The highest BCUT2D eigenvalue weighted by atomic mass is 19.1. The molecule has 2 saturated heterocycles. The van der Waals surface area contributed by atoms with E-state index >= 15 is 0 Å². The monoisotopic (exact) mass is 540 g/mol. The zero-order valence-electron chi connectivity index (χ0n) is 24.0. The summed E-state index contributed by atoms with van der Waals surface area (Å²) in [5.41, 5.74) is 6.17. The first-order chi connectivity index (χ1) is 18.7. The van der Waals surface area contributed by atoms with E-state index in [0.29, 0.717) is 35.3 Å². The van der Waals surface area contributed by atoms with Gasteiger partial charge in [0.15, 0.2) is 11.6 Å². The quantitative estimate of drug-likeness (QED) is 0.546. The fourth-order valence-electron chi connectivity index (χ4n) is 5.85. The highest BCUT2D eigenvalue weighted by Crippen LogP contribution is 2.44. The molecule has 5 rings (SSSR count). The highest BCUT2D eigenvalue weighted by molar-refractivity contribution is 5.97. The second-order valence-electron chi connectivity index (χ2n) is 11.7. The fourth-order valence-corrected chi connectivity index (χ4v) is 5.85. The van der Waals surface area contributed by atoms with Crippen molar-refractivity contribution in [1.29, 1.82) is 0 Å². The Hall–Kier alpha value is -2.78. The van der Waals surface area contributed by atoms with Crippen LogP contribution in [0.5, 0.6) is 11.5 Å². The maximum atomic E-state index is 14.1. The molecule has 1 aromatic carbocycles. The molecule has 1 spiro atoms. The predicted molar refractivity (Wildman–Crippen MR) is 153 cm³/mol. The number of amides is 1. The van der Waals surface area contributed by atoms with Crippen molar-refractivity contribution in [3.63, 3.8) is 0 Å². The third kappa shape index (κ3) is 7.25. The molecule has 1 aliphatic carbocycles. The minimum Gasteiger partial charge on any atom is -0.451 e. The summed E-state index contributed by atoms with van der Waals surface area (Å²) in [5, 5.41) is 0. The number of carbonyl (C=O) groups is 1. The number of likely N-dealkylation sites (tertiary alicyclic amines) is 1. The molecule has 0 radical (unpaired) electrons. The molecule has 3 fully saturated rings. The van der Waals surface area contributed by atoms with Gasteiger partial charge in [-0.25, -0.2) is 14.4 Å². The average Bonchev–Trinajstić information content (AvgIpc) is 2.90. The number of nitrogens with two attached hydrogens (primary N) is 1. The number of aromatic nitrogens is 2. The molecule has 2 aliphatic heterocycles. The molecule has 0 bridgehead atoms. The fraction of sp³-hybridized carbons (Fsp3) is 0.633. The van der Waals surface area contributed by atoms with Crippen molar-refractivity contribution in [1.82, 2.24) is 19.8 Å². The number of ether oxygens (including phenoxy) is 1. The van der Waals surface area contributed by atoms with Crippen LogP contribution in [-0.4, -0.2) is 77.5 Å². The van der Waals surface area contributed by atoms with Crippen molar-refractivity contribution < 1.29 is 13.9 Å². The molecule has 2 N–H and O–H groups in total. The summed E-state index contributed by atoms with van der Waals surface area (Å²) in [5.74, 6) is 0.759. The van der Waals surface area contributed by atoms with Crippen molar-refractivity contribution in [2.75, 3.05) is 44.7 Å². The lowest BCUT2D eigenvalue weighted by molar-refractivity contribution is 0.0713. The molecule has 1 aromatic heterocycles. The van der Waals surface area contributed by atoms with Crippen LogP contribution in [0.4, 0.5) is 10.2 Å². The molecule has 2 aromatic rings. The number of rotatable bonds is 6. The van der Waals surface area contributed by atoms with Crippen LogP contribution in [0.2, 0.25) is 0 Å². The van der Waals surface area contributed by atoms with E-state index in [9.17, 15) is 9.18 Å². The summed E-state index contributed by atoms with van der Waals surface area (Å²) < 4.78 is 20.2. The van der Waals surface area contributed by atoms with Crippen molar-refractivity contribution in [2.24, 2.45) is 11.1 Å². The van der Waals surface area contributed by atoms with E-state index in [1.807, 2.05) is 20.8 Å². The zero-order valence-corrected chi connectivity index (χ0v) is 24.0. The first kappa shape index (κ1) is 29.2. The van der Waals surface area contributed by atoms with Crippen LogP contribution in [0.1, 0.15) is 76.1 Å². The van der Waals surface area contributed by atoms with E-state index < -0.39 is 5.82 Å². The van der Waals surface area contributed by atoms with Crippen LogP contribution >= 0.6 is 0 Å². The molecule has 39 heavy (non-hydrogen) atoms. The third-order valence-electron chi connectivity index (χ3n) is 8.33. The number of hydrogen-bond acceptors (Lipinski definition) is 7. The van der Waals surface area contributed by atoms with Crippen molar-refractivity contribution >= 4 is 11.7 Å². The summed E-state index contributed by atoms with van der Waals surface area (Å²) in [4.78, 5) is 28.0. The highest BCUT2D eigenvalue weighted by Gasteiger charge is 2.45. The maximum Gasteiger partial charge on any atom is 0.257 e. The maximum absolute atomic E-state index is 14.1. The van der Waals surface area contributed by atoms with E-state index in [1.54, 1.807) is 11.1 Å². The topological polar surface area (TPSA) is 87.8 Å². The second-order valence-corrected chi connectivity index (χ2v) is 11.7. The summed E-state index contributed by atoms with van der Waals surface area (Å²) in [6, 6.07) is 4.57. The van der Waals surface area contributed by atoms with Gasteiger partial charge in [0.1, 0.15) is 17.9 Å². The number of anilines is 1. The van der Waals surface area contributed by atoms with E-state index in [-0.39, 0.29) is 17.5 Å². The van der Waals surface area contributed by atoms with Gasteiger partial charge in [-0.1, -0.05) is 19.3 Å². The Bertz CT molecular complexity index is 1090. The van der Waals surface area contributed by atoms with Gasteiger partial charge in [-0.3, -0.25) is 4.79 Å². The molecule has 1 saturated carbocycles. The summed E-state index contributed by atoms with van der Waals surface area (Å²) >= 11 is 0. The second kappa shape index (κ2) is 13.0. The van der Waals surface area contributed by atoms with Gasteiger partial charge >= 0.3 is 0 Å². The molecule has 0 atom stereocenters. The Labute approximate surface area is 232 Å². The molecule has 1 amide bonds. The largest absolute Gasteiger partial charge is 0.451 e. The van der Waals surface area contributed by atoms with Gasteiger partial charge in [-0.05, 0) is 84.8 Å². The molecule has 8 nitrogen and oxygen atoms in total. The third-order valence-corrected chi connectivity index (χ3v) is 8.33. The molecule has 0 unspecified atom stereocenters. The number of halogens is 1. The van der Waals surface area contributed by atoms with Gasteiger partial charge in [0.2, 0.25) is 0 Å². The van der Waals surface area contributed by atoms with Crippen LogP contribution in [0.25, 0.3) is 0 Å². The Morgan fingerprint density at radius 3 is 2.46 bits per heavy atom. The standard InChI is InChI=1S/C24H32FN5O2.C6H13N/c1-5-30(17(2)3)23(31)19-12-18(25)6-7-20(19)32-21-13-26-16-27-22(21)29-14-24(15-29)8-10-28(4)11-9-24;7-6-4-2-1-3-5-6/h6-7,12-13,16-17H,5,8-11,14-15H2,1-4H3;6H,1-5,7H2. The average molecular weight is 541 g/mol. The lowest BCUT2D eigenvalue weighted by Crippen LogP contribution is -2.60. The SMILES string of the molecule is CCN(C(=O)c1cc(F)ccc1Oc1cncnc1N1CC2(CCN(C)CC2)C1)C(C)C.NC1CCCCC1. The molecule has 9 heteroatoms. The minimum atomic E-state index is -0.475. The lowest BCUT2D eigenvalue weighted by Gasteiger charge is -2.54. The number of carbonyl (C=O) groups excluding carboxylic acids is 1. The van der Waals surface area contributed by atoms with Crippen LogP contribution in [0.3, 0.4) is 0 Å². The Kier molecular flexibility index (Phi) is 9.77. The molecular formula is C30H45FN6O2. The van der Waals surface area contributed by atoms with Gasteiger partial charge < -0.3 is 25.2 Å². The minimum absolute atomic E-state index is 0.00828. The molecular weight excluding hydrogens is 495 g/mol. The van der Waals surface area contributed by atoms with Gasteiger partial charge in [-0.15, -0.1) is 0 Å². The van der Waals surface area contributed by atoms with Crippen LogP contribution < -0.4 is 15.4 Å². The number of piperidine rings is 1. The van der Waals surface area contributed by atoms with E-state index in [2.05, 4.69) is 26.8 Å². The molecule has 3 heterocycles. The van der Waals surface area contributed by atoms with Crippen LogP contribution in [0, 0.1) is 11.2 Å². The number of nitrogens with zero attached hydrogens (tertiary/aromatic N) is 5. The normalized spacial score (nSPS) is 19.3. The van der Waals surface area contributed by atoms with E-state index in [4.69, 9.17) is 10.5 Å². The van der Waals surface area contributed by atoms with Gasteiger partial charge in [0.05, 0.1) is 11.8 Å². The Morgan fingerprint density at radius 1 is 1.18 bits per heavy atom. The van der Waals surface area contributed by atoms with Gasteiger partial charge in [0, 0.05) is 37.1 Å². The predicted octanol–water partition coefficient (Wildman–Crippen LogP) is 5.09. The van der Waals surface area contributed by atoms with Crippen molar-refractivity contribution in [3.8, 4) is 11.5 Å². The van der Waals surface area contributed by atoms with Gasteiger partial charge in [0.25, 0.3) is 5.91 Å². The Morgan fingerprint density at radius 2 is 1.87 bits per heavy atom. The smallest absolute Gasteiger partial charge is 0.257 e. The van der Waals surface area contributed by atoms with E-state index in [1.165, 1.54) is 69.5 Å². The number of benzene rings is 1. The van der Waals surface area contributed by atoms with Crippen molar-refractivity contribution in [2.45, 2.75) is 77.8 Å². The van der Waals surface area contributed by atoms with Crippen molar-refractivity contribution in [3.05, 3.63) is 42.1 Å². The van der Waals surface area contributed by atoms with Crippen LogP contribution in [0.15, 0.2) is 30.7 Å². The summed E-state index contributed by atoms with van der Waals surface area (Å²) in [6.07, 6.45) is 12.1. The molecule has 214 valence electrons. The van der Waals surface area contributed by atoms with Gasteiger partial charge in [-0.2, -0.15) is 0 Å². The first-order valence-corrected chi connectivity index (χ1v) is 14.5. The lowest BCUT2D eigenvalue weighted by atomic mass is 9.72.